The number of pyridine rings is 1. The summed E-state index contributed by atoms with van der Waals surface area (Å²) in [5, 5.41) is 9.13. The molecule has 0 saturated heterocycles. The van der Waals surface area contributed by atoms with Gasteiger partial charge in [-0.2, -0.15) is 0 Å². The minimum absolute atomic E-state index is 0.0732. The summed E-state index contributed by atoms with van der Waals surface area (Å²) >= 11 is 11.3. The largest absolute Gasteiger partial charge is 0.478 e. The zero-order valence-electron chi connectivity index (χ0n) is 6.84. The Morgan fingerprint density at radius 3 is 2.69 bits per heavy atom. The molecule has 0 atom stereocenters. The molecule has 0 spiro atoms. The third-order valence-corrected chi connectivity index (χ3v) is 2.26. The van der Waals surface area contributed by atoms with Crippen LogP contribution in [-0.4, -0.2) is 16.1 Å². The van der Waals surface area contributed by atoms with Crippen molar-refractivity contribution in [2.24, 2.45) is 0 Å². The van der Waals surface area contributed by atoms with Crippen LogP contribution in [0.5, 0.6) is 0 Å². The fourth-order valence-electron chi connectivity index (χ4n) is 1.05. The molecule has 1 heterocycles. The van der Waals surface area contributed by atoms with Crippen LogP contribution in [-0.2, 0) is 5.88 Å². The van der Waals surface area contributed by atoms with Gasteiger partial charge in [0.2, 0.25) is 0 Å². The highest BCUT2D eigenvalue weighted by Crippen LogP contribution is 2.23. The van der Waals surface area contributed by atoms with Crippen molar-refractivity contribution >= 4 is 29.2 Å². The second kappa shape index (κ2) is 3.94. The number of nitrogens with zero attached hydrogens (tertiary/aromatic N) is 1. The van der Waals surface area contributed by atoms with Gasteiger partial charge in [0.25, 0.3) is 0 Å². The molecule has 0 aromatic carbocycles. The van der Waals surface area contributed by atoms with Gasteiger partial charge in [-0.25, -0.2) is 4.79 Å². The zero-order chi connectivity index (χ0) is 10.0. The number of aromatic carboxylic acids is 1. The van der Waals surface area contributed by atoms with Crippen molar-refractivity contribution < 1.29 is 9.90 Å². The molecule has 0 radical (unpaired) electrons. The summed E-state index contributed by atoms with van der Waals surface area (Å²) < 4.78 is 0. The van der Waals surface area contributed by atoms with E-state index in [0.29, 0.717) is 11.3 Å². The fraction of sp³-hybridized carbons (Fsp3) is 0.250. The van der Waals surface area contributed by atoms with Gasteiger partial charge in [0.05, 0.1) is 16.3 Å². The first-order chi connectivity index (χ1) is 6.07. The first kappa shape index (κ1) is 10.3. The molecule has 70 valence electrons. The van der Waals surface area contributed by atoms with E-state index in [4.69, 9.17) is 28.3 Å². The van der Waals surface area contributed by atoms with Crippen molar-refractivity contribution in [3.63, 3.8) is 0 Å². The second-order valence-electron chi connectivity index (χ2n) is 2.48. The molecule has 0 aliphatic carbocycles. The lowest BCUT2D eigenvalue weighted by atomic mass is 10.1. The summed E-state index contributed by atoms with van der Waals surface area (Å²) in [4.78, 5) is 14.6. The Bertz CT molecular complexity index is 352. The van der Waals surface area contributed by atoms with Crippen LogP contribution in [0.3, 0.4) is 0 Å². The van der Waals surface area contributed by atoms with E-state index in [-0.39, 0.29) is 16.5 Å². The molecule has 3 nitrogen and oxygen atoms in total. The first-order valence-corrected chi connectivity index (χ1v) is 4.42. The van der Waals surface area contributed by atoms with Crippen LogP contribution >= 0.6 is 23.2 Å². The highest BCUT2D eigenvalue weighted by Gasteiger charge is 2.16. The molecule has 1 N–H and O–H groups in total. The number of carboxylic acid groups (broad SMARTS) is 1. The maximum atomic E-state index is 10.8. The normalized spacial score (nSPS) is 10.1. The Labute approximate surface area is 85.3 Å². The average Bonchev–Trinajstić information content (AvgIpc) is 2.07. The summed E-state index contributed by atoms with van der Waals surface area (Å²) in [6.07, 6.45) is 1.40. The summed E-state index contributed by atoms with van der Waals surface area (Å²) in [7, 11) is 0. The number of aryl methyl sites for hydroxylation is 1. The van der Waals surface area contributed by atoms with Crippen molar-refractivity contribution in [1.29, 1.82) is 0 Å². The Morgan fingerprint density at radius 2 is 2.31 bits per heavy atom. The van der Waals surface area contributed by atoms with Gasteiger partial charge in [-0.3, -0.25) is 4.98 Å². The predicted molar refractivity (Wildman–Crippen MR) is 50.5 cm³/mol. The fourth-order valence-corrected chi connectivity index (χ4v) is 1.60. The number of carbonyl (C=O) groups is 1. The summed E-state index contributed by atoms with van der Waals surface area (Å²) in [6.45, 7) is 1.61. The van der Waals surface area contributed by atoms with E-state index in [1.54, 1.807) is 6.92 Å². The van der Waals surface area contributed by atoms with Gasteiger partial charge in [0.15, 0.2) is 0 Å². The molecule has 0 bridgehead atoms. The summed E-state index contributed by atoms with van der Waals surface area (Å²) in [6, 6.07) is 0. The lowest BCUT2D eigenvalue weighted by Gasteiger charge is -2.06. The molecule has 1 aromatic heterocycles. The Balaban J connectivity index is 3.43. The molecular formula is C8H7Cl2NO2. The van der Waals surface area contributed by atoms with E-state index < -0.39 is 5.97 Å². The quantitative estimate of drug-likeness (QED) is 0.778. The standard InChI is InChI=1S/C8H7Cl2NO2/c1-4-7(8(12)13)5(2-9)6(10)3-11-4/h3H,2H2,1H3,(H,12,13). The maximum Gasteiger partial charge on any atom is 0.337 e. The number of hydrogen-bond acceptors (Lipinski definition) is 2. The van der Waals surface area contributed by atoms with Gasteiger partial charge in [-0.05, 0) is 6.92 Å². The van der Waals surface area contributed by atoms with E-state index in [1.165, 1.54) is 6.20 Å². The minimum atomic E-state index is -1.05. The number of carboxylic acids is 1. The van der Waals surface area contributed by atoms with Crippen LogP contribution < -0.4 is 0 Å². The van der Waals surface area contributed by atoms with Crippen LogP contribution in [0.2, 0.25) is 5.02 Å². The number of hydrogen-bond donors (Lipinski definition) is 1. The van der Waals surface area contributed by atoms with Gasteiger partial charge in [-0.15, -0.1) is 11.6 Å². The Hall–Kier alpha value is -0.800. The zero-order valence-corrected chi connectivity index (χ0v) is 8.35. The van der Waals surface area contributed by atoms with E-state index in [9.17, 15) is 4.79 Å². The van der Waals surface area contributed by atoms with Gasteiger partial charge >= 0.3 is 5.97 Å². The molecular weight excluding hydrogens is 213 g/mol. The van der Waals surface area contributed by atoms with Crippen LogP contribution in [0, 0.1) is 6.92 Å². The molecule has 0 fully saturated rings. The highest BCUT2D eigenvalue weighted by molar-refractivity contribution is 6.32. The Kier molecular flexibility index (Phi) is 3.12. The topological polar surface area (TPSA) is 50.2 Å². The highest BCUT2D eigenvalue weighted by atomic mass is 35.5. The average molecular weight is 220 g/mol. The van der Waals surface area contributed by atoms with E-state index >= 15 is 0 Å². The van der Waals surface area contributed by atoms with E-state index in [0.717, 1.165) is 0 Å². The van der Waals surface area contributed by atoms with Crippen molar-refractivity contribution in [3.8, 4) is 0 Å². The molecule has 5 heteroatoms. The number of alkyl halides is 1. The third kappa shape index (κ3) is 1.92. The number of rotatable bonds is 2. The van der Waals surface area contributed by atoms with Crippen molar-refractivity contribution in [2.75, 3.05) is 0 Å². The molecule has 0 saturated carbocycles. The SMILES string of the molecule is Cc1ncc(Cl)c(CCl)c1C(=O)O. The molecule has 0 aliphatic rings. The molecule has 13 heavy (non-hydrogen) atoms. The molecule has 1 aromatic rings. The van der Waals surface area contributed by atoms with E-state index in [1.807, 2.05) is 0 Å². The van der Waals surface area contributed by atoms with Gasteiger partial charge < -0.3 is 5.11 Å². The van der Waals surface area contributed by atoms with Crippen LogP contribution in [0.4, 0.5) is 0 Å². The number of halogens is 2. The molecule has 0 unspecified atom stereocenters. The van der Waals surface area contributed by atoms with Crippen LogP contribution in [0.15, 0.2) is 6.20 Å². The summed E-state index contributed by atoms with van der Waals surface area (Å²) in [5.41, 5.74) is 0.943. The van der Waals surface area contributed by atoms with Gasteiger partial charge in [0.1, 0.15) is 0 Å². The number of aromatic nitrogens is 1. The van der Waals surface area contributed by atoms with Crippen LogP contribution in [0.25, 0.3) is 0 Å². The molecule has 1 rings (SSSR count). The van der Waals surface area contributed by atoms with Crippen molar-refractivity contribution in [1.82, 2.24) is 4.98 Å². The molecule has 0 amide bonds. The summed E-state index contributed by atoms with van der Waals surface area (Å²) in [5.74, 6) is -0.979. The maximum absolute atomic E-state index is 10.8. The lowest BCUT2D eigenvalue weighted by Crippen LogP contribution is -2.06. The molecule has 0 aliphatic heterocycles. The van der Waals surface area contributed by atoms with Crippen molar-refractivity contribution in [3.05, 3.63) is 28.0 Å². The lowest BCUT2D eigenvalue weighted by molar-refractivity contribution is 0.0694. The van der Waals surface area contributed by atoms with Gasteiger partial charge in [0, 0.05) is 17.6 Å². The van der Waals surface area contributed by atoms with E-state index in [2.05, 4.69) is 4.98 Å². The third-order valence-electron chi connectivity index (χ3n) is 1.67. The van der Waals surface area contributed by atoms with Gasteiger partial charge in [-0.1, -0.05) is 11.6 Å². The van der Waals surface area contributed by atoms with Crippen molar-refractivity contribution in [2.45, 2.75) is 12.8 Å². The Morgan fingerprint density at radius 1 is 1.69 bits per heavy atom. The smallest absolute Gasteiger partial charge is 0.337 e. The monoisotopic (exact) mass is 219 g/mol. The first-order valence-electron chi connectivity index (χ1n) is 3.51. The second-order valence-corrected chi connectivity index (χ2v) is 3.16. The van der Waals surface area contributed by atoms with Crippen LogP contribution in [0.1, 0.15) is 21.6 Å². The predicted octanol–water partition coefficient (Wildman–Crippen LogP) is 2.48. The minimum Gasteiger partial charge on any atom is -0.478 e.